The van der Waals surface area contributed by atoms with Crippen molar-refractivity contribution in [3.05, 3.63) is 23.7 Å². The molecule has 0 bridgehead atoms. The molecule has 0 N–H and O–H groups in total. The van der Waals surface area contributed by atoms with Gasteiger partial charge in [0.05, 0.1) is 19.9 Å². The minimum Gasteiger partial charge on any atom is -0.467 e. The average molecular weight is 223 g/mol. The molecule has 4 heteroatoms. The van der Waals surface area contributed by atoms with Crippen molar-refractivity contribution < 1.29 is 13.9 Å². The van der Waals surface area contributed by atoms with Crippen LogP contribution >= 0.6 is 0 Å². The summed E-state index contributed by atoms with van der Waals surface area (Å²) in [5.41, 5.74) is 0.544. The normalized spacial score (nSPS) is 21.2. The Morgan fingerprint density at radius 3 is 3.12 bits per heavy atom. The van der Waals surface area contributed by atoms with Gasteiger partial charge in [-0.3, -0.25) is 4.90 Å². The van der Waals surface area contributed by atoms with Gasteiger partial charge in [0.1, 0.15) is 11.3 Å². The number of ether oxygens (including phenoxy) is 1. The molecule has 1 saturated heterocycles. The second-order valence-electron chi connectivity index (χ2n) is 4.38. The van der Waals surface area contributed by atoms with E-state index in [4.69, 9.17) is 9.15 Å². The van der Waals surface area contributed by atoms with Crippen LogP contribution in [0.2, 0.25) is 0 Å². The number of hydrogen-bond acceptors (Lipinski definition) is 4. The first-order valence-corrected chi connectivity index (χ1v) is 5.57. The molecule has 1 aliphatic heterocycles. The van der Waals surface area contributed by atoms with Gasteiger partial charge in [-0.1, -0.05) is 6.92 Å². The fourth-order valence-corrected chi connectivity index (χ4v) is 2.13. The lowest BCUT2D eigenvalue weighted by atomic mass is 10.2. The van der Waals surface area contributed by atoms with Crippen LogP contribution in [0.4, 0.5) is 0 Å². The topological polar surface area (TPSA) is 42.7 Å². The van der Waals surface area contributed by atoms with Crippen LogP contribution in [0.25, 0.3) is 0 Å². The van der Waals surface area contributed by atoms with Crippen molar-refractivity contribution in [2.24, 2.45) is 5.92 Å². The maximum Gasteiger partial charge on any atom is 0.341 e. The van der Waals surface area contributed by atoms with Crippen LogP contribution < -0.4 is 0 Å². The van der Waals surface area contributed by atoms with E-state index in [9.17, 15) is 4.79 Å². The second-order valence-corrected chi connectivity index (χ2v) is 4.38. The third-order valence-electron chi connectivity index (χ3n) is 3.03. The van der Waals surface area contributed by atoms with Crippen molar-refractivity contribution in [2.75, 3.05) is 20.2 Å². The molecule has 0 amide bonds. The first kappa shape index (κ1) is 11.2. The highest BCUT2D eigenvalue weighted by Crippen LogP contribution is 2.20. The highest BCUT2D eigenvalue weighted by Gasteiger charge is 2.22. The van der Waals surface area contributed by atoms with Gasteiger partial charge in [0, 0.05) is 6.54 Å². The zero-order chi connectivity index (χ0) is 11.5. The molecule has 16 heavy (non-hydrogen) atoms. The van der Waals surface area contributed by atoms with E-state index >= 15 is 0 Å². The number of likely N-dealkylation sites (tertiary alicyclic amines) is 1. The summed E-state index contributed by atoms with van der Waals surface area (Å²) in [7, 11) is 1.39. The van der Waals surface area contributed by atoms with E-state index in [0.717, 1.165) is 19.0 Å². The van der Waals surface area contributed by atoms with Gasteiger partial charge in [-0.2, -0.15) is 0 Å². The zero-order valence-corrected chi connectivity index (χ0v) is 9.73. The van der Waals surface area contributed by atoms with Crippen LogP contribution in [0.1, 0.15) is 29.5 Å². The fourth-order valence-electron chi connectivity index (χ4n) is 2.13. The Balaban J connectivity index is 2.04. The number of hydrogen-bond donors (Lipinski definition) is 0. The maximum atomic E-state index is 11.4. The van der Waals surface area contributed by atoms with E-state index in [0.29, 0.717) is 17.9 Å². The molecule has 0 aromatic carbocycles. The van der Waals surface area contributed by atoms with Crippen molar-refractivity contribution in [2.45, 2.75) is 19.9 Å². The molecule has 88 valence electrons. The predicted octanol–water partition coefficient (Wildman–Crippen LogP) is 1.91. The van der Waals surface area contributed by atoms with Crippen LogP contribution in [-0.2, 0) is 11.3 Å². The van der Waals surface area contributed by atoms with E-state index in [1.54, 1.807) is 12.3 Å². The van der Waals surface area contributed by atoms with E-state index in [2.05, 4.69) is 11.8 Å². The number of esters is 1. The summed E-state index contributed by atoms with van der Waals surface area (Å²) in [5, 5.41) is 0. The fraction of sp³-hybridized carbons (Fsp3) is 0.583. The molecule has 2 rings (SSSR count). The minimum atomic E-state index is -0.323. The van der Waals surface area contributed by atoms with Gasteiger partial charge in [-0.05, 0) is 24.9 Å². The van der Waals surface area contributed by atoms with Crippen LogP contribution in [0.15, 0.2) is 16.7 Å². The summed E-state index contributed by atoms with van der Waals surface area (Å²) >= 11 is 0. The molecule has 0 saturated carbocycles. The molecule has 0 spiro atoms. The summed E-state index contributed by atoms with van der Waals surface area (Å²) < 4.78 is 10.0. The zero-order valence-electron chi connectivity index (χ0n) is 9.73. The van der Waals surface area contributed by atoms with E-state index in [1.807, 2.05) is 0 Å². The lowest BCUT2D eigenvalue weighted by molar-refractivity contribution is 0.0596. The maximum absolute atomic E-state index is 11.4. The Morgan fingerprint density at radius 1 is 1.69 bits per heavy atom. The smallest absolute Gasteiger partial charge is 0.341 e. The molecule has 2 heterocycles. The Labute approximate surface area is 95.2 Å². The number of rotatable bonds is 3. The molecular weight excluding hydrogens is 206 g/mol. The van der Waals surface area contributed by atoms with Gasteiger partial charge in [-0.15, -0.1) is 0 Å². The molecule has 0 aliphatic carbocycles. The molecule has 1 fully saturated rings. The second kappa shape index (κ2) is 4.70. The minimum absolute atomic E-state index is 0.323. The third kappa shape index (κ3) is 2.27. The van der Waals surface area contributed by atoms with Gasteiger partial charge in [0.2, 0.25) is 0 Å². The summed E-state index contributed by atoms with van der Waals surface area (Å²) in [6.07, 6.45) is 2.76. The van der Waals surface area contributed by atoms with E-state index in [-0.39, 0.29) is 5.97 Å². The van der Waals surface area contributed by atoms with Gasteiger partial charge in [0.25, 0.3) is 0 Å². The largest absolute Gasteiger partial charge is 0.467 e. The molecular formula is C12H17NO3. The van der Waals surface area contributed by atoms with Crippen molar-refractivity contribution in [3.8, 4) is 0 Å². The number of furan rings is 1. The molecule has 1 unspecified atom stereocenters. The highest BCUT2D eigenvalue weighted by atomic mass is 16.5. The number of methoxy groups -OCH3 is 1. The Kier molecular flexibility index (Phi) is 3.29. The molecule has 4 nitrogen and oxygen atoms in total. The molecule has 1 aliphatic rings. The van der Waals surface area contributed by atoms with Crippen molar-refractivity contribution in [1.82, 2.24) is 4.90 Å². The highest BCUT2D eigenvalue weighted by molar-refractivity contribution is 5.90. The quantitative estimate of drug-likeness (QED) is 0.734. The van der Waals surface area contributed by atoms with E-state index in [1.165, 1.54) is 13.5 Å². The third-order valence-corrected chi connectivity index (χ3v) is 3.03. The first-order chi connectivity index (χ1) is 7.70. The molecule has 1 aromatic heterocycles. The first-order valence-electron chi connectivity index (χ1n) is 5.57. The van der Waals surface area contributed by atoms with Crippen LogP contribution in [0.3, 0.4) is 0 Å². The van der Waals surface area contributed by atoms with Gasteiger partial charge in [0.15, 0.2) is 0 Å². The lowest BCUT2D eigenvalue weighted by Gasteiger charge is -2.13. The monoisotopic (exact) mass is 223 g/mol. The van der Waals surface area contributed by atoms with Crippen molar-refractivity contribution in [3.63, 3.8) is 0 Å². The van der Waals surface area contributed by atoms with Crippen LogP contribution in [0.5, 0.6) is 0 Å². The summed E-state index contributed by atoms with van der Waals surface area (Å²) in [4.78, 5) is 13.7. The van der Waals surface area contributed by atoms with Gasteiger partial charge >= 0.3 is 5.97 Å². The Bertz CT molecular complexity index is 372. The standard InChI is InChI=1S/C12H17NO3/c1-9-3-5-13(7-9)8-11-10(4-6-16-11)12(14)15-2/h4,6,9H,3,5,7-8H2,1-2H3. The van der Waals surface area contributed by atoms with Crippen molar-refractivity contribution in [1.29, 1.82) is 0 Å². The molecule has 1 aromatic rings. The Hall–Kier alpha value is -1.29. The molecule has 1 atom stereocenters. The van der Waals surface area contributed by atoms with Gasteiger partial charge < -0.3 is 9.15 Å². The Morgan fingerprint density at radius 2 is 2.50 bits per heavy atom. The summed E-state index contributed by atoms with van der Waals surface area (Å²) in [6.45, 7) is 5.08. The SMILES string of the molecule is COC(=O)c1ccoc1CN1CCC(C)C1. The summed E-state index contributed by atoms with van der Waals surface area (Å²) in [6, 6.07) is 1.67. The van der Waals surface area contributed by atoms with Crippen LogP contribution in [0, 0.1) is 5.92 Å². The van der Waals surface area contributed by atoms with Crippen molar-refractivity contribution >= 4 is 5.97 Å². The summed E-state index contributed by atoms with van der Waals surface area (Å²) in [5.74, 6) is 1.12. The number of carbonyl (C=O) groups is 1. The number of carbonyl (C=O) groups excluding carboxylic acids is 1. The van der Waals surface area contributed by atoms with Crippen LogP contribution in [-0.4, -0.2) is 31.1 Å². The predicted molar refractivity (Wildman–Crippen MR) is 59.1 cm³/mol. The van der Waals surface area contributed by atoms with E-state index < -0.39 is 0 Å². The lowest BCUT2D eigenvalue weighted by Crippen LogP contribution is -2.20. The molecule has 0 radical (unpaired) electrons. The average Bonchev–Trinajstić information content (AvgIpc) is 2.87. The van der Waals surface area contributed by atoms with Gasteiger partial charge in [-0.25, -0.2) is 4.79 Å². The number of nitrogens with zero attached hydrogens (tertiary/aromatic N) is 1.